The molecule has 5 nitrogen and oxygen atoms in total. The molecule has 1 N–H and O–H groups in total. The fraction of sp³-hybridized carbons (Fsp3) is 0.700. The van der Waals surface area contributed by atoms with Gasteiger partial charge >= 0.3 is 0 Å². The number of unbranched alkanes of at least 4 members (excludes halogenated alkanes) is 1. The summed E-state index contributed by atoms with van der Waals surface area (Å²) in [5.74, 6) is 0. The summed E-state index contributed by atoms with van der Waals surface area (Å²) in [6, 6.07) is 0. The Labute approximate surface area is 107 Å². The van der Waals surface area contributed by atoms with E-state index in [1.54, 1.807) is 13.2 Å². The Morgan fingerprint density at radius 2 is 2.24 bits per heavy atom. The van der Waals surface area contributed by atoms with E-state index in [4.69, 9.17) is 0 Å². The zero-order valence-electron chi connectivity index (χ0n) is 10.4. The monoisotopic (exact) mass is 277 g/mol. The molecule has 1 aromatic heterocycles. The summed E-state index contributed by atoms with van der Waals surface area (Å²) in [6.45, 7) is 4.79. The fourth-order valence-corrected chi connectivity index (χ4v) is 3.01. The summed E-state index contributed by atoms with van der Waals surface area (Å²) in [5, 5.41) is 0.943. The Balaban J connectivity index is 2.49. The molecule has 0 aliphatic heterocycles. The van der Waals surface area contributed by atoms with Crippen LogP contribution in [0.15, 0.2) is 6.20 Å². The van der Waals surface area contributed by atoms with E-state index in [1.165, 1.54) is 15.6 Å². The average Bonchev–Trinajstić information content (AvgIpc) is 2.69. The van der Waals surface area contributed by atoms with Crippen LogP contribution in [0, 0.1) is 6.92 Å². The zero-order valence-corrected chi connectivity index (χ0v) is 12.1. The lowest BCUT2D eigenvalue weighted by molar-refractivity contribution is 0.449. The molecule has 0 radical (unpaired) electrons. The van der Waals surface area contributed by atoms with Crippen molar-refractivity contribution in [3.8, 4) is 0 Å². The average molecular weight is 277 g/mol. The molecule has 1 heterocycles. The molecule has 1 aromatic rings. The normalized spacial score (nSPS) is 12.2. The maximum absolute atomic E-state index is 11.8. The molecule has 0 aliphatic carbocycles. The van der Waals surface area contributed by atoms with Gasteiger partial charge < -0.3 is 0 Å². The molecule has 0 atom stereocenters. The van der Waals surface area contributed by atoms with Crippen molar-refractivity contribution in [1.29, 1.82) is 0 Å². The minimum absolute atomic E-state index is 0.310. The van der Waals surface area contributed by atoms with Crippen LogP contribution in [0.1, 0.15) is 29.7 Å². The standard InChI is InChI=1S/C10H19N3O2S2/c1-4-5-6-13(3)17(14,15)12-8-10-7-11-9(2)16-10/h7,12H,4-6,8H2,1-3H3. The Kier molecular flexibility index (Phi) is 5.51. The van der Waals surface area contributed by atoms with Crippen LogP contribution in [0.3, 0.4) is 0 Å². The maximum Gasteiger partial charge on any atom is 0.279 e. The highest BCUT2D eigenvalue weighted by atomic mass is 32.2. The van der Waals surface area contributed by atoms with Gasteiger partial charge in [-0.15, -0.1) is 11.3 Å². The van der Waals surface area contributed by atoms with Gasteiger partial charge in [0.1, 0.15) is 0 Å². The lowest BCUT2D eigenvalue weighted by atomic mass is 10.3. The molecule has 98 valence electrons. The van der Waals surface area contributed by atoms with E-state index in [1.807, 2.05) is 13.8 Å². The Bertz CT molecular complexity index is 442. The summed E-state index contributed by atoms with van der Waals surface area (Å²) in [6.07, 6.45) is 3.56. The molecule has 0 aliphatic rings. The molecule has 17 heavy (non-hydrogen) atoms. The number of nitrogens with one attached hydrogen (secondary N) is 1. The number of hydrogen-bond acceptors (Lipinski definition) is 4. The quantitative estimate of drug-likeness (QED) is 0.822. The van der Waals surface area contributed by atoms with Crippen molar-refractivity contribution < 1.29 is 8.42 Å². The van der Waals surface area contributed by atoms with Crippen molar-refractivity contribution in [3.63, 3.8) is 0 Å². The van der Waals surface area contributed by atoms with Crippen LogP contribution in [0.4, 0.5) is 0 Å². The van der Waals surface area contributed by atoms with Gasteiger partial charge in [-0.25, -0.2) is 4.98 Å². The highest BCUT2D eigenvalue weighted by molar-refractivity contribution is 7.87. The van der Waals surface area contributed by atoms with Gasteiger partial charge in [-0.3, -0.25) is 0 Å². The predicted octanol–water partition coefficient (Wildman–Crippen LogP) is 1.52. The summed E-state index contributed by atoms with van der Waals surface area (Å²) in [5.41, 5.74) is 0. The number of nitrogens with zero attached hydrogens (tertiary/aromatic N) is 2. The second-order valence-electron chi connectivity index (χ2n) is 3.85. The van der Waals surface area contributed by atoms with Crippen LogP contribution in [0.2, 0.25) is 0 Å². The third-order valence-electron chi connectivity index (χ3n) is 2.33. The van der Waals surface area contributed by atoms with Crippen molar-refractivity contribution in [3.05, 3.63) is 16.1 Å². The Morgan fingerprint density at radius 3 is 2.76 bits per heavy atom. The molecule has 0 spiro atoms. The SMILES string of the molecule is CCCCN(C)S(=O)(=O)NCc1cnc(C)s1. The van der Waals surface area contributed by atoms with Gasteiger partial charge in [0.25, 0.3) is 10.2 Å². The van der Waals surface area contributed by atoms with E-state index in [9.17, 15) is 8.42 Å². The van der Waals surface area contributed by atoms with E-state index in [2.05, 4.69) is 9.71 Å². The highest BCUT2D eigenvalue weighted by Crippen LogP contribution is 2.11. The van der Waals surface area contributed by atoms with Gasteiger partial charge in [-0.05, 0) is 13.3 Å². The maximum atomic E-state index is 11.8. The van der Waals surface area contributed by atoms with Crippen LogP contribution in [-0.4, -0.2) is 31.3 Å². The molecule has 0 aromatic carbocycles. The summed E-state index contributed by atoms with van der Waals surface area (Å²) >= 11 is 1.50. The van der Waals surface area contributed by atoms with Gasteiger partial charge in [0.2, 0.25) is 0 Å². The molecule has 7 heteroatoms. The lowest BCUT2D eigenvalue weighted by Crippen LogP contribution is -2.38. The number of aryl methyl sites for hydroxylation is 1. The summed E-state index contributed by atoms with van der Waals surface area (Å²) in [4.78, 5) is 5.01. The van der Waals surface area contributed by atoms with Crippen LogP contribution in [-0.2, 0) is 16.8 Å². The first kappa shape index (κ1) is 14.6. The zero-order chi connectivity index (χ0) is 12.9. The van der Waals surface area contributed by atoms with Crippen molar-refractivity contribution in [1.82, 2.24) is 14.0 Å². The smallest absolute Gasteiger partial charge is 0.250 e. The van der Waals surface area contributed by atoms with Gasteiger partial charge in [0.15, 0.2) is 0 Å². The molecule has 0 amide bonds. The fourth-order valence-electron chi connectivity index (χ4n) is 1.26. The minimum atomic E-state index is -3.36. The van der Waals surface area contributed by atoms with E-state index < -0.39 is 10.2 Å². The molecule has 0 bridgehead atoms. The van der Waals surface area contributed by atoms with Crippen molar-refractivity contribution in [2.24, 2.45) is 0 Å². The van der Waals surface area contributed by atoms with Crippen molar-refractivity contribution in [2.45, 2.75) is 33.2 Å². The number of hydrogen-bond donors (Lipinski definition) is 1. The third kappa shape index (κ3) is 4.71. The van der Waals surface area contributed by atoms with Gasteiger partial charge in [-0.1, -0.05) is 13.3 Å². The lowest BCUT2D eigenvalue weighted by Gasteiger charge is -2.16. The molecule has 0 fully saturated rings. The molecule has 0 unspecified atom stereocenters. The first-order chi connectivity index (χ1) is 7.95. The van der Waals surface area contributed by atoms with E-state index in [0.29, 0.717) is 13.1 Å². The Morgan fingerprint density at radius 1 is 1.53 bits per heavy atom. The summed E-state index contributed by atoms with van der Waals surface area (Å²) in [7, 11) is -1.77. The molecular weight excluding hydrogens is 258 g/mol. The van der Waals surface area contributed by atoms with E-state index >= 15 is 0 Å². The van der Waals surface area contributed by atoms with Crippen molar-refractivity contribution >= 4 is 21.5 Å². The van der Waals surface area contributed by atoms with Gasteiger partial charge in [-0.2, -0.15) is 17.4 Å². The molecule has 1 rings (SSSR count). The topological polar surface area (TPSA) is 62.3 Å². The van der Waals surface area contributed by atoms with Crippen molar-refractivity contribution in [2.75, 3.05) is 13.6 Å². The summed E-state index contributed by atoms with van der Waals surface area (Å²) < 4.78 is 27.5. The van der Waals surface area contributed by atoms with Crippen LogP contribution in [0.25, 0.3) is 0 Å². The number of rotatable bonds is 7. The van der Waals surface area contributed by atoms with E-state index in [0.717, 1.165) is 22.7 Å². The van der Waals surface area contributed by atoms with Crippen LogP contribution >= 0.6 is 11.3 Å². The Hall–Kier alpha value is -0.500. The minimum Gasteiger partial charge on any atom is -0.250 e. The van der Waals surface area contributed by atoms with Crippen LogP contribution < -0.4 is 4.72 Å². The first-order valence-corrected chi connectivity index (χ1v) is 7.83. The largest absolute Gasteiger partial charge is 0.279 e. The second-order valence-corrected chi connectivity index (χ2v) is 7.03. The predicted molar refractivity (Wildman–Crippen MR) is 70.1 cm³/mol. The second kappa shape index (κ2) is 6.44. The van der Waals surface area contributed by atoms with E-state index in [-0.39, 0.29) is 0 Å². The first-order valence-electron chi connectivity index (χ1n) is 5.58. The van der Waals surface area contributed by atoms with Gasteiger partial charge in [0, 0.05) is 31.2 Å². The third-order valence-corrected chi connectivity index (χ3v) is 4.76. The molecule has 0 saturated heterocycles. The van der Waals surface area contributed by atoms with Gasteiger partial charge in [0.05, 0.1) is 5.01 Å². The molecule has 0 saturated carbocycles. The molecular formula is C10H19N3O2S2. The highest BCUT2D eigenvalue weighted by Gasteiger charge is 2.16. The van der Waals surface area contributed by atoms with Crippen LogP contribution in [0.5, 0.6) is 0 Å². The number of aromatic nitrogens is 1. The number of thiazole rings is 1.